The molecule has 0 saturated heterocycles. The van der Waals surface area contributed by atoms with Crippen LogP contribution >= 0.6 is 0 Å². The second kappa shape index (κ2) is 8.44. The molecule has 1 aromatic carbocycles. The lowest BCUT2D eigenvalue weighted by molar-refractivity contribution is -0.137. The van der Waals surface area contributed by atoms with Gasteiger partial charge in [-0.2, -0.15) is 0 Å². The number of benzene rings is 1. The van der Waals surface area contributed by atoms with E-state index in [4.69, 9.17) is 9.15 Å². The minimum absolute atomic E-state index is 0.158. The largest absolute Gasteiger partial charge is 0.493 e. The van der Waals surface area contributed by atoms with Crippen molar-refractivity contribution in [2.24, 2.45) is 17.3 Å². The van der Waals surface area contributed by atoms with E-state index in [0.29, 0.717) is 30.3 Å². The molecule has 2 aromatic rings. The van der Waals surface area contributed by atoms with Gasteiger partial charge in [0.15, 0.2) is 0 Å². The van der Waals surface area contributed by atoms with Crippen molar-refractivity contribution in [3.05, 3.63) is 51.9 Å². The van der Waals surface area contributed by atoms with Crippen LogP contribution in [0.2, 0.25) is 0 Å². The fourth-order valence-corrected chi connectivity index (χ4v) is 4.60. The maximum atomic E-state index is 11.5. The molecule has 5 heteroatoms. The molecule has 0 unspecified atom stereocenters. The first-order valence-electron chi connectivity index (χ1n) is 10.3. The Morgan fingerprint density at radius 1 is 1.28 bits per heavy atom. The molecule has 1 fully saturated rings. The van der Waals surface area contributed by atoms with Crippen molar-refractivity contribution in [1.82, 2.24) is 0 Å². The van der Waals surface area contributed by atoms with Crippen molar-refractivity contribution in [1.29, 1.82) is 0 Å². The highest BCUT2D eigenvalue weighted by atomic mass is 16.5. The van der Waals surface area contributed by atoms with Gasteiger partial charge in [0.25, 0.3) is 0 Å². The van der Waals surface area contributed by atoms with Crippen molar-refractivity contribution < 1.29 is 19.1 Å². The maximum absolute atomic E-state index is 11.5. The Balaban J connectivity index is 1.87. The molecular formula is C24H30O5. The summed E-state index contributed by atoms with van der Waals surface area (Å²) >= 11 is 0. The van der Waals surface area contributed by atoms with Crippen LogP contribution in [0.4, 0.5) is 0 Å². The first-order valence-corrected chi connectivity index (χ1v) is 10.3. The summed E-state index contributed by atoms with van der Waals surface area (Å²) in [7, 11) is 0. The molecule has 0 radical (unpaired) electrons. The lowest BCUT2D eigenvalue weighted by atomic mass is 9.58. The molecule has 29 heavy (non-hydrogen) atoms. The molecule has 1 aliphatic rings. The Morgan fingerprint density at radius 3 is 2.69 bits per heavy atom. The van der Waals surface area contributed by atoms with Gasteiger partial charge in [0.2, 0.25) is 0 Å². The van der Waals surface area contributed by atoms with Crippen LogP contribution in [-0.2, 0) is 4.79 Å². The Labute approximate surface area is 171 Å². The van der Waals surface area contributed by atoms with Gasteiger partial charge in [-0.05, 0) is 63.1 Å². The molecule has 1 aliphatic carbocycles. The molecule has 3 atom stereocenters. The summed E-state index contributed by atoms with van der Waals surface area (Å²) in [6.45, 7) is 9.17. The quantitative estimate of drug-likeness (QED) is 0.519. The summed E-state index contributed by atoms with van der Waals surface area (Å²) in [5.74, 6) is 0.472. The van der Waals surface area contributed by atoms with Crippen LogP contribution in [0.5, 0.6) is 5.75 Å². The van der Waals surface area contributed by atoms with Crippen LogP contribution in [-0.4, -0.2) is 17.7 Å². The molecule has 1 aromatic heterocycles. The molecule has 3 rings (SSSR count). The van der Waals surface area contributed by atoms with E-state index in [2.05, 4.69) is 27.7 Å². The summed E-state index contributed by atoms with van der Waals surface area (Å²) < 4.78 is 11.5. The predicted molar refractivity (Wildman–Crippen MR) is 113 cm³/mol. The molecule has 156 valence electrons. The number of rotatable bonds is 6. The van der Waals surface area contributed by atoms with Crippen LogP contribution in [0.15, 0.2) is 50.7 Å². The Hall–Kier alpha value is -2.56. The van der Waals surface area contributed by atoms with Gasteiger partial charge in [-0.3, -0.25) is 4.79 Å². The highest BCUT2D eigenvalue weighted by Gasteiger charge is 2.45. The molecular weight excluding hydrogens is 368 g/mol. The van der Waals surface area contributed by atoms with E-state index in [1.807, 2.05) is 12.1 Å². The fraction of sp³-hybridized carbons (Fsp3) is 0.500. The normalized spacial score (nSPS) is 24.5. The van der Waals surface area contributed by atoms with Gasteiger partial charge in [-0.15, -0.1) is 0 Å². The molecule has 0 spiro atoms. The van der Waals surface area contributed by atoms with Gasteiger partial charge in [0, 0.05) is 29.4 Å². The van der Waals surface area contributed by atoms with Crippen molar-refractivity contribution in [3.63, 3.8) is 0 Å². The minimum atomic E-state index is -0.760. The highest BCUT2D eigenvalue weighted by molar-refractivity contribution is 5.77. The second-order valence-corrected chi connectivity index (χ2v) is 8.70. The number of carbonyl (C=O) groups is 1. The summed E-state index contributed by atoms with van der Waals surface area (Å²) in [5, 5.41) is 10.1. The summed E-state index contributed by atoms with van der Waals surface area (Å²) in [6, 6.07) is 8.65. The fourth-order valence-electron chi connectivity index (χ4n) is 4.60. The number of carboxylic acid groups (broad SMARTS) is 1. The molecule has 0 aliphatic heterocycles. The Bertz CT molecular complexity index is 982. The number of carboxylic acids is 1. The Kier molecular flexibility index (Phi) is 6.15. The second-order valence-electron chi connectivity index (χ2n) is 8.70. The van der Waals surface area contributed by atoms with E-state index in [-0.39, 0.29) is 23.4 Å². The van der Waals surface area contributed by atoms with Gasteiger partial charge in [-0.1, -0.05) is 25.0 Å². The number of allylic oxidation sites excluding steroid dienone is 2. The van der Waals surface area contributed by atoms with Crippen molar-refractivity contribution in [2.45, 2.75) is 53.4 Å². The first kappa shape index (κ1) is 21.2. The molecule has 5 nitrogen and oxygen atoms in total. The van der Waals surface area contributed by atoms with Crippen LogP contribution < -0.4 is 10.4 Å². The lowest BCUT2D eigenvalue weighted by Crippen LogP contribution is -2.44. The number of fused-ring (bicyclic) bond motifs is 1. The van der Waals surface area contributed by atoms with Crippen LogP contribution in [0.1, 0.15) is 53.4 Å². The van der Waals surface area contributed by atoms with Crippen LogP contribution in [0, 0.1) is 17.3 Å². The number of hydrogen-bond donors (Lipinski definition) is 1. The third kappa shape index (κ3) is 4.55. The van der Waals surface area contributed by atoms with Gasteiger partial charge in [0.1, 0.15) is 11.3 Å². The topological polar surface area (TPSA) is 76.7 Å². The van der Waals surface area contributed by atoms with Gasteiger partial charge >= 0.3 is 11.6 Å². The van der Waals surface area contributed by atoms with Crippen molar-refractivity contribution >= 4 is 16.9 Å². The van der Waals surface area contributed by atoms with E-state index in [1.165, 1.54) is 17.2 Å². The smallest absolute Gasteiger partial charge is 0.336 e. The van der Waals surface area contributed by atoms with Gasteiger partial charge in [-0.25, -0.2) is 4.79 Å². The summed E-state index contributed by atoms with van der Waals surface area (Å²) in [6.07, 6.45) is 2.86. The zero-order valence-corrected chi connectivity index (χ0v) is 17.7. The van der Waals surface area contributed by atoms with E-state index >= 15 is 0 Å². The number of ether oxygens (including phenoxy) is 1. The SMILES string of the molecule is CC(C)=C1CC[C@@H](C)[C@@](C)(COc2ccc3ccc(=O)oc3c2)[C@@H]1CCC(=O)O. The molecule has 1 saturated carbocycles. The van der Waals surface area contributed by atoms with Crippen molar-refractivity contribution in [3.8, 4) is 5.75 Å². The molecule has 0 bridgehead atoms. The van der Waals surface area contributed by atoms with E-state index < -0.39 is 5.97 Å². The van der Waals surface area contributed by atoms with E-state index in [9.17, 15) is 14.7 Å². The minimum Gasteiger partial charge on any atom is -0.493 e. The zero-order valence-electron chi connectivity index (χ0n) is 17.7. The Morgan fingerprint density at radius 2 is 2.00 bits per heavy atom. The monoisotopic (exact) mass is 398 g/mol. The summed E-state index contributed by atoms with van der Waals surface area (Å²) in [4.78, 5) is 22.8. The third-order valence-electron chi connectivity index (χ3n) is 6.62. The first-order chi connectivity index (χ1) is 13.7. The van der Waals surface area contributed by atoms with Crippen molar-refractivity contribution in [2.75, 3.05) is 6.61 Å². The van der Waals surface area contributed by atoms with E-state index in [1.54, 1.807) is 12.1 Å². The number of hydrogen-bond acceptors (Lipinski definition) is 4. The highest BCUT2D eigenvalue weighted by Crippen LogP contribution is 2.51. The number of aliphatic carboxylic acids is 1. The zero-order chi connectivity index (χ0) is 21.2. The molecule has 1 N–H and O–H groups in total. The van der Waals surface area contributed by atoms with Crippen LogP contribution in [0.25, 0.3) is 11.0 Å². The predicted octanol–water partition coefficient (Wildman–Crippen LogP) is 5.43. The lowest BCUT2D eigenvalue weighted by Gasteiger charge is -2.48. The van der Waals surface area contributed by atoms with Gasteiger partial charge in [0.05, 0.1) is 6.61 Å². The average Bonchev–Trinajstić information content (AvgIpc) is 2.66. The van der Waals surface area contributed by atoms with Crippen LogP contribution in [0.3, 0.4) is 0 Å². The maximum Gasteiger partial charge on any atom is 0.336 e. The molecule has 0 amide bonds. The van der Waals surface area contributed by atoms with E-state index in [0.717, 1.165) is 18.2 Å². The van der Waals surface area contributed by atoms with Gasteiger partial charge < -0.3 is 14.3 Å². The standard InChI is InChI=1S/C24H30O5/c1-15(2)19-9-5-16(3)24(4,20(19)10-11-22(25)26)14-28-18-8-6-17-7-12-23(27)29-21(17)13-18/h6-8,12-13,16,20H,5,9-11,14H2,1-4H3,(H,25,26)/t16-,20-,24-/m1/s1. The summed E-state index contributed by atoms with van der Waals surface area (Å²) in [5.41, 5.74) is 2.60. The average molecular weight is 398 g/mol. The third-order valence-corrected chi connectivity index (χ3v) is 6.62. The molecule has 1 heterocycles.